The first-order valence-electron chi connectivity index (χ1n) is 6.14. The predicted molar refractivity (Wildman–Crippen MR) is 64.1 cm³/mol. The Balaban J connectivity index is 2.05. The molecule has 2 rings (SSSR count). The average molecular weight is 289 g/mol. The number of halogens is 3. The molecule has 1 aliphatic rings. The third-order valence-electron chi connectivity index (χ3n) is 3.21. The van der Waals surface area contributed by atoms with Crippen LogP contribution in [0.5, 0.6) is 5.75 Å². The van der Waals surface area contributed by atoms with Gasteiger partial charge in [-0.05, 0) is 19.0 Å². The van der Waals surface area contributed by atoms with Gasteiger partial charge in [0.15, 0.2) is 0 Å². The van der Waals surface area contributed by atoms with Crippen LogP contribution in [0.15, 0.2) is 24.3 Å². The Morgan fingerprint density at radius 3 is 2.70 bits per heavy atom. The SMILES string of the molecule is O=C(O)C1CCN(Cc2ccccc2OC(F)(F)F)C1. The smallest absolute Gasteiger partial charge is 0.481 e. The van der Waals surface area contributed by atoms with Crippen LogP contribution >= 0.6 is 0 Å². The van der Waals surface area contributed by atoms with Crippen LogP contribution in [0, 0.1) is 5.92 Å². The molecule has 0 spiro atoms. The van der Waals surface area contributed by atoms with Crippen molar-refractivity contribution < 1.29 is 27.8 Å². The number of aliphatic carboxylic acids is 1. The second-order valence-corrected chi connectivity index (χ2v) is 4.71. The number of alkyl halides is 3. The number of nitrogens with zero attached hydrogens (tertiary/aromatic N) is 1. The van der Waals surface area contributed by atoms with Crippen molar-refractivity contribution in [1.82, 2.24) is 4.90 Å². The Labute approximate surface area is 113 Å². The number of carbonyl (C=O) groups is 1. The fraction of sp³-hybridized carbons (Fsp3) is 0.462. The van der Waals surface area contributed by atoms with Crippen LogP contribution in [0.2, 0.25) is 0 Å². The van der Waals surface area contributed by atoms with Gasteiger partial charge in [0.25, 0.3) is 0 Å². The van der Waals surface area contributed by atoms with E-state index in [0.717, 1.165) is 0 Å². The summed E-state index contributed by atoms with van der Waals surface area (Å²) in [4.78, 5) is 12.7. The van der Waals surface area contributed by atoms with E-state index in [1.165, 1.54) is 12.1 Å². The normalized spacial score (nSPS) is 20.1. The van der Waals surface area contributed by atoms with E-state index in [4.69, 9.17) is 5.11 Å². The third kappa shape index (κ3) is 3.86. The molecule has 0 radical (unpaired) electrons. The van der Waals surface area contributed by atoms with Crippen molar-refractivity contribution in [1.29, 1.82) is 0 Å². The number of likely N-dealkylation sites (tertiary alicyclic amines) is 1. The highest BCUT2D eigenvalue weighted by Crippen LogP contribution is 2.28. The second-order valence-electron chi connectivity index (χ2n) is 4.71. The Morgan fingerprint density at radius 1 is 1.40 bits per heavy atom. The van der Waals surface area contributed by atoms with Crippen molar-refractivity contribution in [3.63, 3.8) is 0 Å². The second kappa shape index (κ2) is 5.70. The summed E-state index contributed by atoms with van der Waals surface area (Å²) >= 11 is 0. The molecule has 1 saturated heterocycles. The molecule has 0 aliphatic carbocycles. The summed E-state index contributed by atoms with van der Waals surface area (Å²) in [5.41, 5.74) is 0.399. The maximum Gasteiger partial charge on any atom is 0.573 e. The lowest BCUT2D eigenvalue weighted by Gasteiger charge is -2.18. The number of carboxylic acids is 1. The monoisotopic (exact) mass is 289 g/mol. The van der Waals surface area contributed by atoms with Gasteiger partial charge in [0.2, 0.25) is 0 Å². The summed E-state index contributed by atoms with van der Waals surface area (Å²) in [6.07, 6.45) is -4.22. The quantitative estimate of drug-likeness (QED) is 0.925. The lowest BCUT2D eigenvalue weighted by molar-refractivity contribution is -0.275. The van der Waals surface area contributed by atoms with E-state index in [-0.39, 0.29) is 12.3 Å². The van der Waals surface area contributed by atoms with E-state index in [9.17, 15) is 18.0 Å². The summed E-state index contributed by atoms with van der Waals surface area (Å²) in [7, 11) is 0. The minimum atomic E-state index is -4.73. The standard InChI is InChI=1S/C13H14F3NO3/c14-13(15,16)20-11-4-2-1-3-9(11)7-17-6-5-10(8-17)12(18)19/h1-4,10H,5-8H2,(H,18,19). The van der Waals surface area contributed by atoms with Gasteiger partial charge in [-0.1, -0.05) is 18.2 Å². The van der Waals surface area contributed by atoms with E-state index in [1.807, 2.05) is 4.90 Å². The number of hydrogen-bond donors (Lipinski definition) is 1. The Morgan fingerprint density at radius 2 is 2.10 bits per heavy atom. The molecule has 110 valence electrons. The lowest BCUT2D eigenvalue weighted by Crippen LogP contribution is -2.24. The molecule has 1 aliphatic heterocycles. The molecular formula is C13H14F3NO3. The molecule has 0 saturated carbocycles. The molecule has 1 unspecified atom stereocenters. The number of hydrogen-bond acceptors (Lipinski definition) is 3. The lowest BCUT2D eigenvalue weighted by atomic mass is 10.1. The van der Waals surface area contributed by atoms with Crippen molar-refractivity contribution in [2.24, 2.45) is 5.92 Å². The van der Waals surface area contributed by atoms with Crippen molar-refractivity contribution in [3.8, 4) is 5.75 Å². The van der Waals surface area contributed by atoms with E-state index >= 15 is 0 Å². The van der Waals surface area contributed by atoms with E-state index in [2.05, 4.69) is 4.74 Å². The molecule has 20 heavy (non-hydrogen) atoms. The zero-order valence-corrected chi connectivity index (χ0v) is 10.6. The van der Waals surface area contributed by atoms with Crippen LogP contribution in [-0.4, -0.2) is 35.4 Å². The predicted octanol–water partition coefficient (Wildman–Crippen LogP) is 2.49. The van der Waals surface area contributed by atoms with Gasteiger partial charge in [0.05, 0.1) is 5.92 Å². The fourth-order valence-corrected chi connectivity index (χ4v) is 2.28. The number of rotatable bonds is 4. The van der Waals surface area contributed by atoms with Crippen LogP contribution < -0.4 is 4.74 Å². The largest absolute Gasteiger partial charge is 0.573 e. The zero-order valence-electron chi connectivity index (χ0n) is 10.6. The van der Waals surface area contributed by atoms with Gasteiger partial charge < -0.3 is 9.84 Å². The molecule has 7 heteroatoms. The molecule has 0 aromatic heterocycles. The summed E-state index contributed by atoms with van der Waals surface area (Å²) in [6.45, 7) is 1.14. The van der Waals surface area contributed by atoms with E-state index < -0.39 is 18.2 Å². The topological polar surface area (TPSA) is 49.8 Å². The summed E-state index contributed by atoms with van der Waals surface area (Å²) in [5, 5.41) is 8.90. The fourth-order valence-electron chi connectivity index (χ4n) is 2.28. The molecule has 0 amide bonds. The Hall–Kier alpha value is -1.76. The highest BCUT2D eigenvalue weighted by Gasteiger charge is 2.33. The van der Waals surface area contributed by atoms with Crippen molar-refractivity contribution in [2.75, 3.05) is 13.1 Å². The minimum Gasteiger partial charge on any atom is -0.481 e. The molecule has 1 atom stereocenters. The van der Waals surface area contributed by atoms with E-state index in [0.29, 0.717) is 25.1 Å². The molecule has 0 bridgehead atoms. The highest BCUT2D eigenvalue weighted by molar-refractivity contribution is 5.70. The first-order chi connectivity index (χ1) is 9.35. The zero-order chi connectivity index (χ0) is 14.8. The van der Waals surface area contributed by atoms with Crippen molar-refractivity contribution in [2.45, 2.75) is 19.3 Å². The van der Waals surface area contributed by atoms with Gasteiger partial charge >= 0.3 is 12.3 Å². The molecule has 1 heterocycles. The molecule has 1 N–H and O–H groups in total. The third-order valence-corrected chi connectivity index (χ3v) is 3.21. The molecule has 1 aromatic carbocycles. The van der Waals surface area contributed by atoms with Crippen LogP contribution in [0.4, 0.5) is 13.2 Å². The molecule has 4 nitrogen and oxygen atoms in total. The van der Waals surface area contributed by atoms with Crippen LogP contribution in [0.3, 0.4) is 0 Å². The maximum atomic E-state index is 12.3. The van der Waals surface area contributed by atoms with Crippen LogP contribution in [-0.2, 0) is 11.3 Å². The number of carboxylic acid groups (broad SMARTS) is 1. The maximum absolute atomic E-state index is 12.3. The van der Waals surface area contributed by atoms with Crippen molar-refractivity contribution in [3.05, 3.63) is 29.8 Å². The summed E-state index contributed by atoms with van der Waals surface area (Å²) < 4.78 is 40.8. The molecule has 1 fully saturated rings. The first-order valence-corrected chi connectivity index (χ1v) is 6.14. The Bertz CT molecular complexity index is 490. The number of ether oxygens (including phenoxy) is 1. The van der Waals surface area contributed by atoms with Gasteiger partial charge in [-0.15, -0.1) is 13.2 Å². The highest BCUT2D eigenvalue weighted by atomic mass is 19.4. The van der Waals surface area contributed by atoms with Crippen LogP contribution in [0.25, 0.3) is 0 Å². The summed E-state index contributed by atoms with van der Waals surface area (Å²) in [5.74, 6) is -1.56. The van der Waals surface area contributed by atoms with Gasteiger partial charge in [-0.25, -0.2) is 0 Å². The molecule has 1 aromatic rings. The van der Waals surface area contributed by atoms with Gasteiger partial charge in [-0.2, -0.15) is 0 Å². The number of para-hydroxylation sites is 1. The average Bonchev–Trinajstić information content (AvgIpc) is 2.78. The first kappa shape index (κ1) is 14.6. The van der Waals surface area contributed by atoms with Gasteiger partial charge in [0, 0.05) is 18.7 Å². The van der Waals surface area contributed by atoms with Gasteiger partial charge in [-0.3, -0.25) is 9.69 Å². The summed E-state index contributed by atoms with van der Waals surface area (Å²) in [6, 6.07) is 5.90. The number of benzene rings is 1. The Kier molecular flexibility index (Phi) is 4.17. The van der Waals surface area contributed by atoms with E-state index in [1.54, 1.807) is 12.1 Å². The minimum absolute atomic E-state index is 0.237. The van der Waals surface area contributed by atoms with Crippen molar-refractivity contribution >= 4 is 5.97 Å². The van der Waals surface area contributed by atoms with Crippen LogP contribution in [0.1, 0.15) is 12.0 Å². The van der Waals surface area contributed by atoms with Gasteiger partial charge in [0.1, 0.15) is 5.75 Å². The molecular weight excluding hydrogens is 275 g/mol.